The van der Waals surface area contributed by atoms with Gasteiger partial charge in [-0.2, -0.15) is 0 Å². The third kappa shape index (κ3) is 3.13. The quantitative estimate of drug-likeness (QED) is 0.428. The van der Waals surface area contributed by atoms with Crippen LogP contribution in [-0.4, -0.2) is 32.6 Å². The molecule has 4 rings (SSSR count). The van der Waals surface area contributed by atoms with Gasteiger partial charge >= 0.3 is 0 Å². The van der Waals surface area contributed by atoms with Crippen LogP contribution in [0.1, 0.15) is 0 Å². The van der Waals surface area contributed by atoms with Crippen LogP contribution >= 0.6 is 0 Å². The first-order valence-corrected chi connectivity index (χ1v) is 10.5. The Labute approximate surface area is 177 Å². The van der Waals surface area contributed by atoms with Crippen LogP contribution in [0.25, 0.3) is 21.5 Å². The molecule has 0 radical (unpaired) electrons. The smallest absolute Gasteiger partial charge is 0.128 e. The zero-order valence-corrected chi connectivity index (χ0v) is 18.0. The number of hydrogen-bond acceptors (Lipinski definition) is 5. The van der Waals surface area contributed by atoms with E-state index < -0.39 is 10.8 Å². The van der Waals surface area contributed by atoms with Crippen molar-refractivity contribution >= 4 is 32.3 Å². The number of benzene rings is 4. The van der Waals surface area contributed by atoms with Gasteiger partial charge in [-0.1, -0.05) is 24.3 Å². The average molecular weight is 423 g/mol. The van der Waals surface area contributed by atoms with Gasteiger partial charge in [-0.05, 0) is 36.4 Å². The highest BCUT2D eigenvalue weighted by molar-refractivity contribution is 7.85. The Balaban J connectivity index is 2.04. The molecule has 6 heteroatoms. The second-order valence-electron chi connectivity index (χ2n) is 6.57. The Bertz CT molecular complexity index is 1170. The summed E-state index contributed by atoms with van der Waals surface area (Å²) in [5.74, 6) is 2.67. The molecule has 4 aromatic carbocycles. The van der Waals surface area contributed by atoms with E-state index in [4.69, 9.17) is 18.9 Å². The van der Waals surface area contributed by atoms with Crippen molar-refractivity contribution in [3.8, 4) is 23.0 Å². The predicted molar refractivity (Wildman–Crippen MR) is 119 cm³/mol. The van der Waals surface area contributed by atoms with Crippen molar-refractivity contribution in [1.29, 1.82) is 0 Å². The fraction of sp³-hybridized carbons (Fsp3) is 0.167. The highest BCUT2D eigenvalue weighted by atomic mass is 32.2. The summed E-state index contributed by atoms with van der Waals surface area (Å²) in [6.07, 6.45) is 0. The van der Waals surface area contributed by atoms with Gasteiger partial charge in [0.1, 0.15) is 23.0 Å². The summed E-state index contributed by atoms with van der Waals surface area (Å²) in [4.78, 5) is 1.28. The third-order valence-electron chi connectivity index (χ3n) is 5.13. The molecular formula is C24H22O5S. The van der Waals surface area contributed by atoms with Crippen LogP contribution in [0.2, 0.25) is 0 Å². The molecule has 0 atom stereocenters. The Morgan fingerprint density at radius 2 is 0.933 bits per heavy atom. The first-order chi connectivity index (χ1) is 14.6. The maximum absolute atomic E-state index is 13.9. The van der Waals surface area contributed by atoms with Crippen molar-refractivity contribution < 1.29 is 23.2 Å². The lowest BCUT2D eigenvalue weighted by Gasteiger charge is -2.16. The van der Waals surface area contributed by atoms with E-state index in [0.29, 0.717) is 32.8 Å². The molecular weight excluding hydrogens is 400 g/mol. The van der Waals surface area contributed by atoms with Crippen LogP contribution in [0.5, 0.6) is 23.0 Å². The highest BCUT2D eigenvalue weighted by Crippen LogP contribution is 2.41. The van der Waals surface area contributed by atoms with Crippen LogP contribution in [0, 0.1) is 0 Å². The summed E-state index contributed by atoms with van der Waals surface area (Å²) in [6, 6.07) is 18.7. The molecule has 0 spiro atoms. The molecule has 0 aliphatic rings. The number of ether oxygens (including phenoxy) is 4. The van der Waals surface area contributed by atoms with Crippen LogP contribution in [0.3, 0.4) is 0 Å². The van der Waals surface area contributed by atoms with Gasteiger partial charge in [-0.15, -0.1) is 0 Å². The molecule has 0 amide bonds. The normalized spacial score (nSPS) is 11.1. The molecule has 0 bridgehead atoms. The van der Waals surface area contributed by atoms with Crippen molar-refractivity contribution in [3.05, 3.63) is 60.7 Å². The van der Waals surface area contributed by atoms with Crippen LogP contribution in [0.15, 0.2) is 70.5 Å². The number of hydrogen-bond donors (Lipinski definition) is 0. The molecule has 0 fully saturated rings. The lowest BCUT2D eigenvalue weighted by molar-refractivity contribution is 0.414. The molecule has 0 aromatic heterocycles. The number of fused-ring (bicyclic) bond motifs is 2. The molecule has 30 heavy (non-hydrogen) atoms. The van der Waals surface area contributed by atoms with Gasteiger partial charge < -0.3 is 18.9 Å². The molecule has 5 nitrogen and oxygen atoms in total. The van der Waals surface area contributed by atoms with Crippen molar-refractivity contribution in [1.82, 2.24) is 0 Å². The number of rotatable bonds is 6. The van der Waals surface area contributed by atoms with Gasteiger partial charge in [-0.3, -0.25) is 0 Å². The molecule has 0 aliphatic carbocycles. The third-order valence-corrected chi connectivity index (χ3v) is 6.61. The minimum Gasteiger partial charge on any atom is -0.496 e. The molecule has 0 heterocycles. The zero-order chi connectivity index (χ0) is 21.3. The molecule has 0 N–H and O–H groups in total. The maximum Gasteiger partial charge on any atom is 0.128 e. The summed E-state index contributed by atoms with van der Waals surface area (Å²) >= 11 is 0. The van der Waals surface area contributed by atoms with E-state index in [9.17, 15) is 4.21 Å². The maximum atomic E-state index is 13.9. The van der Waals surface area contributed by atoms with Crippen LogP contribution in [0.4, 0.5) is 0 Å². The molecule has 0 aliphatic heterocycles. The number of methoxy groups -OCH3 is 4. The topological polar surface area (TPSA) is 54.0 Å². The van der Waals surface area contributed by atoms with Gasteiger partial charge in [0.2, 0.25) is 0 Å². The molecule has 4 aromatic rings. The molecule has 0 unspecified atom stereocenters. The van der Waals surface area contributed by atoms with Crippen molar-refractivity contribution in [2.45, 2.75) is 9.79 Å². The molecule has 154 valence electrons. The Kier molecular flexibility index (Phi) is 5.50. The minimum atomic E-state index is -1.51. The van der Waals surface area contributed by atoms with E-state index in [0.717, 1.165) is 21.5 Å². The van der Waals surface area contributed by atoms with Crippen molar-refractivity contribution in [2.24, 2.45) is 0 Å². The lowest BCUT2D eigenvalue weighted by Crippen LogP contribution is -2.00. The average Bonchev–Trinajstić information content (AvgIpc) is 2.81. The van der Waals surface area contributed by atoms with E-state index in [2.05, 4.69) is 0 Å². The van der Waals surface area contributed by atoms with E-state index in [-0.39, 0.29) is 0 Å². The summed E-state index contributed by atoms with van der Waals surface area (Å²) in [7, 11) is 4.93. The van der Waals surface area contributed by atoms with Gasteiger partial charge in [0.05, 0.1) is 49.0 Å². The minimum absolute atomic E-state index is 0.638. The van der Waals surface area contributed by atoms with E-state index in [1.54, 1.807) is 28.4 Å². The van der Waals surface area contributed by atoms with Crippen molar-refractivity contribution in [3.63, 3.8) is 0 Å². The zero-order valence-electron chi connectivity index (χ0n) is 17.2. The second kappa shape index (κ2) is 8.24. The molecule has 0 saturated carbocycles. The van der Waals surface area contributed by atoms with Gasteiger partial charge in [-0.25, -0.2) is 4.21 Å². The standard InChI is InChI=1S/C24H22O5S/c1-26-17-11-13-21(23-15(17)7-5-9-19(23)28-3)30(25)22-14-12-18(27-2)16-8-6-10-20(29-4)24(16)22/h5-14H,1-4H3. The van der Waals surface area contributed by atoms with E-state index >= 15 is 0 Å². The summed E-state index contributed by atoms with van der Waals surface area (Å²) < 4.78 is 36.1. The fourth-order valence-electron chi connectivity index (χ4n) is 3.75. The summed E-state index contributed by atoms with van der Waals surface area (Å²) in [5.41, 5.74) is 0. The SMILES string of the molecule is COc1ccc(S(=O)c2ccc(OC)c3cccc(OC)c23)c2c(OC)cccc12. The second-order valence-corrected chi connectivity index (χ2v) is 7.98. The lowest BCUT2D eigenvalue weighted by atomic mass is 10.1. The monoisotopic (exact) mass is 422 g/mol. The Morgan fingerprint density at radius 3 is 1.30 bits per heavy atom. The van der Waals surface area contributed by atoms with Gasteiger partial charge in [0, 0.05) is 21.5 Å². The van der Waals surface area contributed by atoms with Gasteiger partial charge in [0.25, 0.3) is 0 Å². The van der Waals surface area contributed by atoms with Crippen LogP contribution < -0.4 is 18.9 Å². The summed E-state index contributed by atoms with van der Waals surface area (Å²) in [5, 5.41) is 3.20. The first-order valence-electron chi connectivity index (χ1n) is 9.33. The Morgan fingerprint density at radius 1 is 0.533 bits per heavy atom. The van der Waals surface area contributed by atoms with Crippen LogP contribution in [-0.2, 0) is 10.8 Å². The van der Waals surface area contributed by atoms with E-state index in [1.807, 2.05) is 60.7 Å². The fourth-order valence-corrected chi connectivity index (χ4v) is 5.17. The van der Waals surface area contributed by atoms with Gasteiger partial charge in [0.15, 0.2) is 0 Å². The largest absolute Gasteiger partial charge is 0.496 e. The predicted octanol–water partition coefficient (Wildman–Crippen LogP) is 5.19. The highest BCUT2D eigenvalue weighted by Gasteiger charge is 2.21. The summed E-state index contributed by atoms with van der Waals surface area (Å²) in [6.45, 7) is 0. The first kappa shape index (κ1) is 20.0. The van der Waals surface area contributed by atoms with Crippen molar-refractivity contribution in [2.75, 3.05) is 28.4 Å². The Hall–Kier alpha value is -3.25. The molecule has 0 saturated heterocycles. The van der Waals surface area contributed by atoms with E-state index in [1.165, 1.54) is 0 Å².